The van der Waals surface area contributed by atoms with Gasteiger partial charge in [-0.15, -0.1) is 0 Å². The van der Waals surface area contributed by atoms with Gasteiger partial charge in [0.2, 0.25) is 5.91 Å². The first kappa shape index (κ1) is 17.7. The Morgan fingerprint density at radius 3 is 2.76 bits per heavy atom. The number of amides is 2. The van der Waals surface area contributed by atoms with E-state index in [1.807, 2.05) is 24.3 Å². The molecule has 0 atom stereocenters. The molecule has 0 radical (unpaired) electrons. The van der Waals surface area contributed by atoms with Crippen LogP contribution in [0.25, 0.3) is 0 Å². The molecule has 6 heteroatoms. The van der Waals surface area contributed by atoms with Crippen molar-refractivity contribution in [3.8, 4) is 5.75 Å². The normalized spacial score (nSPS) is 17.3. The van der Waals surface area contributed by atoms with Gasteiger partial charge in [-0.2, -0.15) is 0 Å². The number of nitrogens with zero attached hydrogens (tertiary/aromatic N) is 2. The quantitative estimate of drug-likeness (QED) is 0.730. The highest BCUT2D eigenvalue weighted by Crippen LogP contribution is 2.31. The van der Waals surface area contributed by atoms with Crippen LogP contribution in [0.5, 0.6) is 5.75 Å². The number of fused-ring (bicyclic) bond motifs is 1. The zero-order valence-electron chi connectivity index (χ0n) is 14.7. The molecule has 0 bridgehead atoms. The van der Waals surface area contributed by atoms with Gasteiger partial charge in [0.05, 0.1) is 5.69 Å². The van der Waals surface area contributed by atoms with Gasteiger partial charge in [-0.25, -0.2) is 0 Å². The second-order valence-corrected chi connectivity index (χ2v) is 6.66. The van der Waals surface area contributed by atoms with Crippen molar-refractivity contribution in [1.29, 1.82) is 0 Å². The average molecular weight is 345 g/mol. The standard InChI is InChI=1S/C19H27N3O3/c23-18(20-10-3-4-11-21-12-5-6-13-21)9-14-22-16-7-1-2-8-17(16)25-15-19(22)24/h1-2,7-8H,3-6,9-15H2,(H,20,23). The Balaban J connectivity index is 1.35. The average Bonchev–Trinajstić information content (AvgIpc) is 3.14. The van der Waals surface area contributed by atoms with Crippen LogP contribution in [0.4, 0.5) is 5.69 Å². The molecule has 136 valence electrons. The van der Waals surface area contributed by atoms with Crippen molar-refractivity contribution in [3.63, 3.8) is 0 Å². The lowest BCUT2D eigenvalue weighted by molar-refractivity contribution is -0.122. The van der Waals surface area contributed by atoms with Crippen molar-refractivity contribution in [3.05, 3.63) is 24.3 Å². The molecule has 2 amide bonds. The van der Waals surface area contributed by atoms with Crippen LogP contribution in [0.3, 0.4) is 0 Å². The van der Waals surface area contributed by atoms with Crippen molar-refractivity contribution in [2.45, 2.75) is 32.1 Å². The van der Waals surface area contributed by atoms with Crippen LogP contribution in [-0.2, 0) is 9.59 Å². The maximum atomic E-state index is 12.1. The fourth-order valence-electron chi connectivity index (χ4n) is 3.40. The predicted molar refractivity (Wildman–Crippen MR) is 96.8 cm³/mol. The second-order valence-electron chi connectivity index (χ2n) is 6.66. The van der Waals surface area contributed by atoms with E-state index in [9.17, 15) is 9.59 Å². The molecule has 3 rings (SSSR count). The summed E-state index contributed by atoms with van der Waals surface area (Å²) in [5, 5.41) is 2.96. The molecule has 1 fully saturated rings. The van der Waals surface area contributed by atoms with Crippen LogP contribution >= 0.6 is 0 Å². The third-order valence-electron chi connectivity index (χ3n) is 4.79. The molecule has 1 N–H and O–H groups in total. The van der Waals surface area contributed by atoms with E-state index in [1.54, 1.807) is 4.90 Å². The number of hydrogen-bond donors (Lipinski definition) is 1. The number of unbranched alkanes of at least 4 members (excludes halogenated alkanes) is 1. The maximum absolute atomic E-state index is 12.1. The molecule has 2 heterocycles. The Hall–Kier alpha value is -2.08. The van der Waals surface area contributed by atoms with E-state index in [0.29, 0.717) is 25.3 Å². The Morgan fingerprint density at radius 2 is 1.92 bits per heavy atom. The fraction of sp³-hybridized carbons (Fsp3) is 0.579. The third-order valence-corrected chi connectivity index (χ3v) is 4.79. The molecule has 2 aliphatic rings. The first-order chi connectivity index (χ1) is 12.2. The Bertz CT molecular complexity index is 599. The van der Waals surface area contributed by atoms with Gasteiger partial charge in [-0.1, -0.05) is 12.1 Å². The van der Waals surface area contributed by atoms with Crippen molar-refractivity contribution in [2.24, 2.45) is 0 Å². The van der Waals surface area contributed by atoms with Crippen LogP contribution in [0.15, 0.2) is 24.3 Å². The Morgan fingerprint density at radius 1 is 1.12 bits per heavy atom. The van der Waals surface area contributed by atoms with Crippen LogP contribution in [-0.4, -0.2) is 56.0 Å². The molecule has 0 unspecified atom stereocenters. The van der Waals surface area contributed by atoms with Gasteiger partial charge in [0.15, 0.2) is 6.61 Å². The van der Waals surface area contributed by atoms with E-state index >= 15 is 0 Å². The van der Waals surface area contributed by atoms with E-state index in [-0.39, 0.29) is 18.4 Å². The van der Waals surface area contributed by atoms with Crippen molar-refractivity contribution in [2.75, 3.05) is 44.2 Å². The molecular weight excluding hydrogens is 318 g/mol. The van der Waals surface area contributed by atoms with Gasteiger partial charge in [0.25, 0.3) is 5.91 Å². The number of ether oxygens (including phenoxy) is 1. The highest BCUT2D eigenvalue weighted by atomic mass is 16.5. The maximum Gasteiger partial charge on any atom is 0.265 e. The lowest BCUT2D eigenvalue weighted by Gasteiger charge is -2.29. The Labute approximate surface area is 149 Å². The number of hydrogen-bond acceptors (Lipinski definition) is 4. The van der Waals surface area contributed by atoms with Gasteiger partial charge in [0.1, 0.15) is 5.75 Å². The summed E-state index contributed by atoms with van der Waals surface area (Å²) < 4.78 is 5.41. The summed E-state index contributed by atoms with van der Waals surface area (Å²) in [6.45, 7) is 4.71. The predicted octanol–water partition coefficient (Wildman–Crippen LogP) is 1.79. The SMILES string of the molecule is O=C(CCN1C(=O)COc2ccccc21)NCCCCN1CCCC1. The van der Waals surface area contributed by atoms with Gasteiger partial charge < -0.3 is 19.9 Å². The summed E-state index contributed by atoms with van der Waals surface area (Å²) in [6.07, 6.45) is 5.07. The number of benzene rings is 1. The number of rotatable bonds is 8. The number of anilines is 1. The van der Waals surface area contributed by atoms with Crippen molar-refractivity contribution in [1.82, 2.24) is 10.2 Å². The van der Waals surface area contributed by atoms with Crippen LogP contribution < -0.4 is 15.0 Å². The topological polar surface area (TPSA) is 61.9 Å². The van der Waals surface area contributed by atoms with E-state index in [4.69, 9.17) is 4.74 Å². The van der Waals surface area contributed by atoms with Gasteiger partial charge in [0, 0.05) is 19.5 Å². The second kappa shape index (κ2) is 8.85. The number of likely N-dealkylation sites (tertiary alicyclic amines) is 1. The molecule has 25 heavy (non-hydrogen) atoms. The third kappa shape index (κ3) is 4.95. The highest BCUT2D eigenvalue weighted by molar-refractivity contribution is 5.98. The van der Waals surface area contributed by atoms with Crippen LogP contribution in [0.2, 0.25) is 0 Å². The zero-order valence-corrected chi connectivity index (χ0v) is 14.7. The van der Waals surface area contributed by atoms with E-state index in [1.165, 1.54) is 25.9 Å². The number of carbonyl (C=O) groups excluding carboxylic acids is 2. The molecular formula is C19H27N3O3. The molecule has 0 aliphatic carbocycles. The molecule has 6 nitrogen and oxygen atoms in total. The molecule has 1 saturated heterocycles. The molecule has 0 spiro atoms. The van der Waals surface area contributed by atoms with Gasteiger partial charge in [-0.05, 0) is 57.5 Å². The molecule has 2 aliphatic heterocycles. The van der Waals surface area contributed by atoms with Crippen molar-refractivity contribution < 1.29 is 14.3 Å². The summed E-state index contributed by atoms with van der Waals surface area (Å²) >= 11 is 0. The smallest absolute Gasteiger partial charge is 0.265 e. The van der Waals surface area contributed by atoms with Gasteiger partial charge >= 0.3 is 0 Å². The zero-order chi connectivity index (χ0) is 17.5. The number of carbonyl (C=O) groups is 2. The van der Waals surface area contributed by atoms with Crippen LogP contribution in [0, 0.1) is 0 Å². The minimum atomic E-state index is -0.0999. The molecule has 1 aromatic rings. The summed E-state index contributed by atoms with van der Waals surface area (Å²) in [4.78, 5) is 28.2. The van der Waals surface area contributed by atoms with Crippen molar-refractivity contribution >= 4 is 17.5 Å². The van der Waals surface area contributed by atoms with E-state index < -0.39 is 0 Å². The first-order valence-electron chi connectivity index (χ1n) is 9.25. The number of para-hydroxylation sites is 2. The molecule has 1 aromatic carbocycles. The summed E-state index contributed by atoms with van der Waals surface area (Å²) in [6, 6.07) is 7.44. The summed E-state index contributed by atoms with van der Waals surface area (Å²) in [7, 11) is 0. The monoisotopic (exact) mass is 345 g/mol. The van der Waals surface area contributed by atoms with E-state index in [0.717, 1.165) is 25.1 Å². The van der Waals surface area contributed by atoms with E-state index in [2.05, 4.69) is 10.2 Å². The van der Waals surface area contributed by atoms with Gasteiger partial charge in [-0.3, -0.25) is 9.59 Å². The summed E-state index contributed by atoms with van der Waals surface area (Å²) in [5.74, 6) is 0.597. The molecule has 0 saturated carbocycles. The highest BCUT2D eigenvalue weighted by Gasteiger charge is 2.25. The van der Waals surface area contributed by atoms with Crippen LogP contribution in [0.1, 0.15) is 32.1 Å². The fourth-order valence-corrected chi connectivity index (χ4v) is 3.40. The Kier molecular flexibility index (Phi) is 6.28. The minimum Gasteiger partial charge on any atom is -0.482 e. The number of nitrogens with one attached hydrogen (secondary N) is 1. The summed E-state index contributed by atoms with van der Waals surface area (Å²) in [5.41, 5.74) is 0.747. The lowest BCUT2D eigenvalue weighted by Crippen LogP contribution is -2.41. The largest absolute Gasteiger partial charge is 0.482 e. The lowest BCUT2D eigenvalue weighted by atomic mass is 10.2. The first-order valence-corrected chi connectivity index (χ1v) is 9.25. The minimum absolute atomic E-state index is 0.00190. The molecule has 0 aromatic heterocycles.